The fraction of sp³-hybridized carbons (Fsp3) is 0.133. The Labute approximate surface area is 128 Å². The van der Waals surface area contributed by atoms with E-state index in [2.05, 4.69) is 17.9 Å². The lowest BCUT2D eigenvalue weighted by atomic mass is 10.1. The normalized spacial score (nSPS) is 10.2. The van der Waals surface area contributed by atoms with Crippen LogP contribution in [0.15, 0.2) is 47.4 Å². The molecule has 0 atom stereocenters. The molecule has 0 fully saturated rings. The van der Waals surface area contributed by atoms with Gasteiger partial charge in [-0.3, -0.25) is 4.79 Å². The fourth-order valence-corrected chi connectivity index (χ4v) is 2.21. The van der Waals surface area contributed by atoms with Crippen molar-refractivity contribution in [2.75, 3.05) is 7.11 Å². The second-order valence-electron chi connectivity index (χ2n) is 4.16. The van der Waals surface area contributed by atoms with Gasteiger partial charge in [0.15, 0.2) is 0 Å². The van der Waals surface area contributed by atoms with Gasteiger partial charge in [-0.2, -0.15) is 0 Å². The van der Waals surface area contributed by atoms with E-state index in [1.165, 1.54) is 0 Å². The Morgan fingerprint density at radius 3 is 2.80 bits per heavy atom. The minimum atomic E-state index is -0.239. The molecule has 5 heteroatoms. The summed E-state index contributed by atoms with van der Waals surface area (Å²) in [5.41, 5.74) is 1.32. The topological polar surface area (TPSA) is 38.3 Å². The number of para-hydroxylation sites is 1. The molecule has 0 saturated carbocycles. The highest BCUT2D eigenvalue weighted by Crippen LogP contribution is 2.20. The van der Waals surface area contributed by atoms with Crippen LogP contribution in [0.25, 0.3) is 0 Å². The van der Waals surface area contributed by atoms with Crippen LogP contribution < -0.4 is 10.1 Å². The van der Waals surface area contributed by atoms with Gasteiger partial charge in [-0.05, 0) is 24.3 Å². The van der Waals surface area contributed by atoms with E-state index < -0.39 is 0 Å². The average molecular weight is 308 g/mol. The van der Waals surface area contributed by atoms with Gasteiger partial charge in [0, 0.05) is 17.0 Å². The van der Waals surface area contributed by atoms with Crippen molar-refractivity contribution in [3.63, 3.8) is 0 Å². The molecule has 3 nitrogen and oxygen atoms in total. The van der Waals surface area contributed by atoms with Crippen molar-refractivity contribution in [3.8, 4) is 5.75 Å². The molecule has 1 amide bonds. The van der Waals surface area contributed by atoms with Gasteiger partial charge in [0.2, 0.25) is 0 Å². The summed E-state index contributed by atoms with van der Waals surface area (Å²) in [5.74, 6) is 0.499. The van der Waals surface area contributed by atoms with E-state index in [0.29, 0.717) is 22.0 Å². The Bertz CT molecular complexity index is 631. The molecular formula is C15H14ClNO2S. The van der Waals surface area contributed by atoms with Crippen LogP contribution in [0.4, 0.5) is 0 Å². The first-order chi connectivity index (χ1) is 9.61. The number of rotatable bonds is 4. The Morgan fingerprint density at radius 2 is 2.05 bits per heavy atom. The molecule has 0 aliphatic rings. The fourth-order valence-electron chi connectivity index (χ4n) is 1.81. The highest BCUT2D eigenvalue weighted by atomic mass is 35.5. The summed E-state index contributed by atoms with van der Waals surface area (Å²) in [6.45, 7) is 0.371. The van der Waals surface area contributed by atoms with Crippen molar-refractivity contribution in [2.45, 2.75) is 11.4 Å². The maximum atomic E-state index is 12.1. The van der Waals surface area contributed by atoms with E-state index in [1.807, 2.05) is 24.3 Å². The number of amides is 1. The van der Waals surface area contributed by atoms with Gasteiger partial charge in [-0.15, -0.1) is 12.6 Å². The molecule has 0 aliphatic heterocycles. The Hall–Kier alpha value is -1.65. The number of ether oxygens (including phenoxy) is 1. The van der Waals surface area contributed by atoms with E-state index in [1.54, 1.807) is 25.3 Å². The summed E-state index contributed by atoms with van der Waals surface area (Å²) < 4.78 is 5.24. The number of nitrogens with one attached hydrogen (secondary N) is 1. The molecule has 0 aromatic heterocycles. The molecule has 104 valence electrons. The second kappa shape index (κ2) is 6.68. The third-order valence-corrected chi connectivity index (χ3v) is 3.43. The van der Waals surface area contributed by atoms with Crippen LogP contribution in [0.2, 0.25) is 5.02 Å². The van der Waals surface area contributed by atoms with Crippen molar-refractivity contribution >= 4 is 30.1 Å². The number of halogens is 1. The zero-order chi connectivity index (χ0) is 14.5. The van der Waals surface area contributed by atoms with Crippen molar-refractivity contribution in [1.29, 1.82) is 0 Å². The Morgan fingerprint density at radius 1 is 1.30 bits per heavy atom. The standard InChI is InChI=1S/C15H14ClNO2S/c1-19-14-5-3-2-4-10(14)9-17-15(18)12-8-11(20)6-7-13(12)16/h2-8,20H,9H2,1H3,(H,17,18). The third-order valence-electron chi connectivity index (χ3n) is 2.83. The maximum absolute atomic E-state index is 12.1. The highest BCUT2D eigenvalue weighted by Gasteiger charge is 2.11. The molecule has 2 aromatic carbocycles. The molecular weight excluding hydrogens is 294 g/mol. The quantitative estimate of drug-likeness (QED) is 0.848. The largest absolute Gasteiger partial charge is 0.496 e. The summed E-state index contributed by atoms with van der Waals surface area (Å²) in [6, 6.07) is 12.6. The summed E-state index contributed by atoms with van der Waals surface area (Å²) in [4.78, 5) is 12.8. The molecule has 0 bridgehead atoms. The van der Waals surface area contributed by atoms with Gasteiger partial charge in [-0.1, -0.05) is 29.8 Å². The SMILES string of the molecule is COc1ccccc1CNC(=O)c1cc(S)ccc1Cl. The minimum absolute atomic E-state index is 0.239. The number of hydrogen-bond acceptors (Lipinski definition) is 3. The van der Waals surface area contributed by atoms with Gasteiger partial charge in [0.25, 0.3) is 5.91 Å². The van der Waals surface area contributed by atoms with E-state index in [4.69, 9.17) is 16.3 Å². The van der Waals surface area contributed by atoms with Gasteiger partial charge < -0.3 is 10.1 Å². The lowest BCUT2D eigenvalue weighted by Crippen LogP contribution is -2.23. The summed E-state index contributed by atoms with van der Waals surface area (Å²) in [7, 11) is 1.60. The molecule has 0 spiro atoms. The van der Waals surface area contributed by atoms with Crippen LogP contribution >= 0.6 is 24.2 Å². The third kappa shape index (κ3) is 3.46. The van der Waals surface area contributed by atoms with E-state index in [-0.39, 0.29) is 5.91 Å². The predicted molar refractivity (Wildman–Crippen MR) is 82.9 cm³/mol. The summed E-state index contributed by atoms with van der Waals surface area (Å²) in [5, 5.41) is 3.22. The molecule has 20 heavy (non-hydrogen) atoms. The Balaban J connectivity index is 2.11. The van der Waals surface area contributed by atoms with Crippen molar-refractivity contribution in [3.05, 3.63) is 58.6 Å². The summed E-state index contributed by atoms with van der Waals surface area (Å²) in [6.07, 6.45) is 0. The molecule has 1 N–H and O–H groups in total. The monoisotopic (exact) mass is 307 g/mol. The number of benzene rings is 2. The first-order valence-corrected chi connectivity index (χ1v) is 6.83. The van der Waals surface area contributed by atoms with Gasteiger partial charge in [-0.25, -0.2) is 0 Å². The first-order valence-electron chi connectivity index (χ1n) is 6.00. The van der Waals surface area contributed by atoms with Crippen LogP contribution in [0, 0.1) is 0 Å². The number of carbonyl (C=O) groups is 1. The molecule has 0 aliphatic carbocycles. The van der Waals surface area contributed by atoms with Crippen molar-refractivity contribution in [2.24, 2.45) is 0 Å². The van der Waals surface area contributed by atoms with Crippen LogP contribution in [0.5, 0.6) is 5.75 Å². The number of carbonyl (C=O) groups excluding carboxylic acids is 1. The Kier molecular flexibility index (Phi) is 4.93. The molecule has 2 aromatic rings. The van der Waals surface area contributed by atoms with E-state index >= 15 is 0 Å². The number of methoxy groups -OCH3 is 1. The lowest BCUT2D eigenvalue weighted by Gasteiger charge is -2.10. The molecule has 0 radical (unpaired) electrons. The molecule has 0 heterocycles. The second-order valence-corrected chi connectivity index (χ2v) is 5.08. The van der Waals surface area contributed by atoms with Crippen LogP contribution in [-0.4, -0.2) is 13.0 Å². The van der Waals surface area contributed by atoms with Crippen molar-refractivity contribution in [1.82, 2.24) is 5.32 Å². The van der Waals surface area contributed by atoms with Crippen molar-refractivity contribution < 1.29 is 9.53 Å². The van der Waals surface area contributed by atoms with Gasteiger partial charge >= 0.3 is 0 Å². The van der Waals surface area contributed by atoms with Crippen LogP contribution in [-0.2, 0) is 6.54 Å². The van der Waals surface area contributed by atoms with E-state index in [9.17, 15) is 4.79 Å². The van der Waals surface area contributed by atoms with Crippen LogP contribution in [0.3, 0.4) is 0 Å². The number of thiol groups is 1. The zero-order valence-electron chi connectivity index (χ0n) is 10.9. The van der Waals surface area contributed by atoms with Crippen LogP contribution in [0.1, 0.15) is 15.9 Å². The molecule has 0 unspecified atom stereocenters. The van der Waals surface area contributed by atoms with Gasteiger partial charge in [0.1, 0.15) is 5.75 Å². The summed E-state index contributed by atoms with van der Waals surface area (Å²) >= 11 is 10.2. The van der Waals surface area contributed by atoms with E-state index in [0.717, 1.165) is 11.3 Å². The van der Waals surface area contributed by atoms with Gasteiger partial charge in [0.05, 0.1) is 17.7 Å². The average Bonchev–Trinajstić information content (AvgIpc) is 2.47. The molecule has 0 saturated heterocycles. The lowest BCUT2D eigenvalue weighted by molar-refractivity contribution is 0.0950. The maximum Gasteiger partial charge on any atom is 0.253 e. The zero-order valence-corrected chi connectivity index (χ0v) is 12.5. The number of hydrogen-bond donors (Lipinski definition) is 2. The minimum Gasteiger partial charge on any atom is -0.496 e. The first kappa shape index (κ1) is 14.8. The predicted octanol–water partition coefficient (Wildman–Crippen LogP) is 3.57. The molecule has 2 rings (SSSR count). The smallest absolute Gasteiger partial charge is 0.253 e. The highest BCUT2D eigenvalue weighted by molar-refractivity contribution is 7.80.